The molecule has 2 heterocycles. The average Bonchev–Trinajstić information content (AvgIpc) is 2.78. The highest BCUT2D eigenvalue weighted by molar-refractivity contribution is 7.10. The summed E-state index contributed by atoms with van der Waals surface area (Å²) in [6.45, 7) is 3.89. The van der Waals surface area contributed by atoms with Gasteiger partial charge < -0.3 is 10.0 Å². The van der Waals surface area contributed by atoms with E-state index in [9.17, 15) is 14.7 Å². The maximum absolute atomic E-state index is 12.3. The van der Waals surface area contributed by atoms with Crippen LogP contribution in [-0.4, -0.2) is 27.9 Å². The van der Waals surface area contributed by atoms with Gasteiger partial charge in [0, 0.05) is 17.3 Å². The first kappa shape index (κ1) is 14.1. The summed E-state index contributed by atoms with van der Waals surface area (Å²) in [6, 6.07) is 3.53. The number of nitrogens with zero attached hydrogens (tertiary/aromatic N) is 1. The van der Waals surface area contributed by atoms with Crippen molar-refractivity contribution >= 4 is 23.2 Å². The van der Waals surface area contributed by atoms with Gasteiger partial charge in [-0.1, -0.05) is 6.07 Å². The second-order valence-corrected chi connectivity index (χ2v) is 6.17. The fraction of sp³-hybridized carbons (Fsp3) is 0.571. The Morgan fingerprint density at radius 3 is 2.79 bits per heavy atom. The Balaban J connectivity index is 2.45. The van der Waals surface area contributed by atoms with E-state index in [4.69, 9.17) is 0 Å². The van der Waals surface area contributed by atoms with Crippen molar-refractivity contribution in [2.75, 3.05) is 0 Å². The fourth-order valence-corrected chi connectivity index (χ4v) is 3.66. The Hall–Kier alpha value is -1.36. The molecule has 2 unspecified atom stereocenters. The van der Waals surface area contributed by atoms with Gasteiger partial charge in [-0.25, -0.2) is 0 Å². The van der Waals surface area contributed by atoms with Crippen LogP contribution in [0.3, 0.4) is 0 Å². The number of thiophene rings is 1. The summed E-state index contributed by atoms with van der Waals surface area (Å²) in [7, 11) is 0. The van der Waals surface area contributed by atoms with Gasteiger partial charge in [-0.15, -0.1) is 11.3 Å². The highest BCUT2D eigenvalue weighted by Gasteiger charge is 2.40. The molecule has 1 aromatic rings. The van der Waals surface area contributed by atoms with Gasteiger partial charge in [0.25, 0.3) is 0 Å². The molecule has 2 atom stereocenters. The van der Waals surface area contributed by atoms with Gasteiger partial charge in [0.1, 0.15) is 0 Å². The summed E-state index contributed by atoms with van der Waals surface area (Å²) in [6.07, 6.45) is 1.66. The molecule has 0 saturated carbocycles. The summed E-state index contributed by atoms with van der Waals surface area (Å²) in [5.74, 6) is -1.25. The average molecular weight is 281 g/mol. The minimum Gasteiger partial charge on any atom is -0.481 e. The molecule has 1 N–H and O–H groups in total. The van der Waals surface area contributed by atoms with Crippen molar-refractivity contribution in [3.8, 4) is 0 Å². The lowest BCUT2D eigenvalue weighted by atomic mass is 9.93. The third-order valence-corrected chi connectivity index (χ3v) is 4.53. The molecule has 1 aliphatic rings. The third-order valence-electron chi connectivity index (χ3n) is 3.58. The van der Waals surface area contributed by atoms with Crippen molar-refractivity contribution in [1.29, 1.82) is 0 Å². The molecular weight excluding hydrogens is 262 g/mol. The number of amides is 1. The first-order valence-electron chi connectivity index (χ1n) is 6.59. The van der Waals surface area contributed by atoms with Crippen molar-refractivity contribution in [3.05, 3.63) is 22.4 Å². The van der Waals surface area contributed by atoms with Crippen LogP contribution >= 0.6 is 11.3 Å². The normalized spacial score (nSPS) is 24.6. The molecule has 4 nitrogen and oxygen atoms in total. The summed E-state index contributed by atoms with van der Waals surface area (Å²) >= 11 is 1.53. The minimum absolute atomic E-state index is 0.0135. The van der Waals surface area contributed by atoms with E-state index in [2.05, 4.69) is 0 Å². The van der Waals surface area contributed by atoms with E-state index in [0.717, 1.165) is 4.88 Å². The zero-order chi connectivity index (χ0) is 14.0. The Morgan fingerprint density at radius 1 is 1.53 bits per heavy atom. The van der Waals surface area contributed by atoms with E-state index in [1.807, 2.05) is 31.4 Å². The molecule has 0 aromatic carbocycles. The monoisotopic (exact) mass is 281 g/mol. The van der Waals surface area contributed by atoms with E-state index in [1.165, 1.54) is 11.3 Å². The molecule has 104 valence electrons. The predicted octanol–water partition coefficient (Wildman–Crippen LogP) is 2.91. The van der Waals surface area contributed by atoms with Crippen LogP contribution < -0.4 is 0 Å². The molecule has 5 heteroatoms. The third kappa shape index (κ3) is 2.81. The van der Waals surface area contributed by atoms with Gasteiger partial charge in [-0.05, 0) is 38.1 Å². The van der Waals surface area contributed by atoms with Crippen molar-refractivity contribution in [1.82, 2.24) is 4.90 Å². The van der Waals surface area contributed by atoms with Crippen LogP contribution in [0.2, 0.25) is 0 Å². The van der Waals surface area contributed by atoms with E-state index < -0.39 is 11.9 Å². The lowest BCUT2D eigenvalue weighted by molar-refractivity contribution is -0.146. The van der Waals surface area contributed by atoms with E-state index in [1.54, 1.807) is 4.90 Å². The van der Waals surface area contributed by atoms with Crippen molar-refractivity contribution < 1.29 is 14.7 Å². The van der Waals surface area contributed by atoms with E-state index in [0.29, 0.717) is 19.3 Å². The molecule has 1 amide bonds. The molecule has 1 aromatic heterocycles. The number of likely N-dealkylation sites (tertiary alicyclic amines) is 1. The topological polar surface area (TPSA) is 57.6 Å². The van der Waals surface area contributed by atoms with Crippen LogP contribution in [0, 0.1) is 5.92 Å². The zero-order valence-corrected chi connectivity index (χ0v) is 12.0. The molecule has 1 fully saturated rings. The number of carbonyl (C=O) groups excluding carboxylic acids is 1. The second-order valence-electron chi connectivity index (χ2n) is 5.19. The van der Waals surface area contributed by atoms with E-state index >= 15 is 0 Å². The quantitative estimate of drug-likeness (QED) is 0.926. The summed E-state index contributed by atoms with van der Waals surface area (Å²) < 4.78 is 0. The molecule has 0 radical (unpaired) electrons. The second kappa shape index (κ2) is 5.74. The predicted molar refractivity (Wildman–Crippen MR) is 74.0 cm³/mol. The summed E-state index contributed by atoms with van der Waals surface area (Å²) in [4.78, 5) is 26.6. The number of carboxylic acids is 1. The maximum atomic E-state index is 12.3. The fourth-order valence-electron chi connectivity index (χ4n) is 2.77. The highest BCUT2D eigenvalue weighted by atomic mass is 32.1. The summed E-state index contributed by atoms with van der Waals surface area (Å²) in [5.41, 5.74) is 0. The molecule has 2 rings (SSSR count). The molecule has 1 aliphatic heterocycles. The molecule has 0 aliphatic carbocycles. The van der Waals surface area contributed by atoms with Crippen LogP contribution in [0.1, 0.15) is 44.0 Å². The van der Waals surface area contributed by atoms with Gasteiger partial charge in [0.05, 0.1) is 12.0 Å². The largest absolute Gasteiger partial charge is 0.481 e. The van der Waals surface area contributed by atoms with Crippen molar-refractivity contribution in [3.63, 3.8) is 0 Å². The van der Waals surface area contributed by atoms with Crippen LogP contribution in [0.15, 0.2) is 17.5 Å². The number of hydrogen-bond donors (Lipinski definition) is 1. The van der Waals surface area contributed by atoms with Crippen LogP contribution in [0.4, 0.5) is 0 Å². The SMILES string of the molecule is CC(C)N1C(=O)CCCC(C(=O)O)C1c1cccs1. The smallest absolute Gasteiger partial charge is 0.308 e. The molecular formula is C14H19NO3S. The van der Waals surface area contributed by atoms with Crippen molar-refractivity contribution in [2.45, 2.75) is 45.2 Å². The van der Waals surface area contributed by atoms with Crippen molar-refractivity contribution in [2.24, 2.45) is 5.92 Å². The number of carboxylic acid groups (broad SMARTS) is 1. The summed E-state index contributed by atoms with van der Waals surface area (Å²) in [5, 5.41) is 11.4. The van der Waals surface area contributed by atoms with Crippen LogP contribution in [0.5, 0.6) is 0 Å². The van der Waals surface area contributed by atoms with Gasteiger partial charge in [0.2, 0.25) is 5.91 Å². The number of rotatable bonds is 3. The van der Waals surface area contributed by atoms with Crippen LogP contribution in [-0.2, 0) is 9.59 Å². The maximum Gasteiger partial charge on any atom is 0.308 e. The van der Waals surface area contributed by atoms with Gasteiger partial charge in [0.15, 0.2) is 0 Å². The van der Waals surface area contributed by atoms with Crippen LogP contribution in [0.25, 0.3) is 0 Å². The minimum atomic E-state index is -0.807. The first-order valence-corrected chi connectivity index (χ1v) is 7.47. The molecule has 0 spiro atoms. The Labute approximate surface area is 117 Å². The molecule has 1 saturated heterocycles. The Bertz CT molecular complexity index is 455. The zero-order valence-electron chi connectivity index (χ0n) is 11.2. The standard InChI is InChI=1S/C14H19NO3S/c1-9(2)15-12(16)7-3-5-10(14(17)18)13(15)11-6-4-8-19-11/h4,6,8-10,13H,3,5,7H2,1-2H3,(H,17,18). The lowest BCUT2D eigenvalue weighted by Crippen LogP contribution is -2.42. The van der Waals surface area contributed by atoms with Gasteiger partial charge in [-0.2, -0.15) is 0 Å². The number of carbonyl (C=O) groups is 2. The number of hydrogen-bond acceptors (Lipinski definition) is 3. The first-order chi connectivity index (χ1) is 9.02. The lowest BCUT2D eigenvalue weighted by Gasteiger charge is -2.36. The molecule has 0 bridgehead atoms. The van der Waals surface area contributed by atoms with Gasteiger partial charge in [-0.3, -0.25) is 9.59 Å². The Morgan fingerprint density at radius 2 is 2.26 bits per heavy atom. The highest BCUT2D eigenvalue weighted by Crippen LogP contribution is 2.39. The van der Waals surface area contributed by atoms with E-state index in [-0.39, 0.29) is 18.0 Å². The number of aliphatic carboxylic acids is 1. The Kier molecular flexibility index (Phi) is 4.24. The molecule has 19 heavy (non-hydrogen) atoms. The van der Waals surface area contributed by atoms with Gasteiger partial charge >= 0.3 is 5.97 Å².